The van der Waals surface area contributed by atoms with Gasteiger partial charge < -0.3 is 4.90 Å². The number of anilines is 1. The molecule has 2 rings (SSSR count). The number of rotatable bonds is 1. The summed E-state index contributed by atoms with van der Waals surface area (Å²) in [6.45, 7) is 0.858. The van der Waals surface area contributed by atoms with Crippen LogP contribution in [0.15, 0.2) is 24.3 Å². The number of hydrogen-bond acceptors (Lipinski definition) is 1. The van der Waals surface area contributed by atoms with Crippen molar-refractivity contribution in [1.82, 2.24) is 0 Å². The number of hydrogen-bond donors (Lipinski definition) is 0. The van der Waals surface area contributed by atoms with Gasteiger partial charge in [-0.1, -0.05) is 12.1 Å². The molecule has 1 radical (unpaired) electrons. The summed E-state index contributed by atoms with van der Waals surface area (Å²) in [7, 11) is 0. The van der Waals surface area contributed by atoms with Crippen molar-refractivity contribution >= 4 is 11.6 Å². The predicted molar refractivity (Wildman–Crippen MR) is 42.2 cm³/mol. The Morgan fingerprint density at radius 2 is 2.45 bits per heavy atom. The summed E-state index contributed by atoms with van der Waals surface area (Å²) in [5.74, 6) is 0.213. The molecule has 0 N–H and O–H groups in total. The van der Waals surface area contributed by atoms with Crippen molar-refractivity contribution < 1.29 is 4.79 Å². The molecule has 2 nitrogen and oxygen atoms in total. The third kappa shape index (κ3) is 1.00. The lowest BCUT2D eigenvalue weighted by Crippen LogP contribution is -2.43. The van der Waals surface area contributed by atoms with E-state index < -0.39 is 0 Å². The van der Waals surface area contributed by atoms with Crippen LogP contribution in [-0.4, -0.2) is 12.5 Å². The third-order valence-electron chi connectivity index (χ3n) is 1.85. The average molecular weight is 146 g/mol. The molecule has 1 heterocycles. The maximum absolute atomic E-state index is 10.9. The summed E-state index contributed by atoms with van der Waals surface area (Å²) in [4.78, 5) is 12.7. The Kier molecular flexibility index (Phi) is 1.39. The highest BCUT2D eigenvalue weighted by Gasteiger charge is 2.24. The third-order valence-corrected chi connectivity index (χ3v) is 1.85. The minimum atomic E-state index is 0.213. The number of nitrogens with zero attached hydrogens (tertiary/aromatic N) is 1. The van der Waals surface area contributed by atoms with Crippen LogP contribution in [0.4, 0.5) is 5.69 Å². The summed E-state index contributed by atoms with van der Waals surface area (Å²) < 4.78 is 0. The number of β-lactam (4-membered cyclic amide) rings is 1. The first-order valence-electron chi connectivity index (χ1n) is 3.64. The Balaban J connectivity index is 2.23. The van der Waals surface area contributed by atoms with E-state index in [0.717, 1.165) is 12.2 Å². The van der Waals surface area contributed by atoms with Gasteiger partial charge in [0.05, 0.1) is 0 Å². The van der Waals surface area contributed by atoms with Crippen LogP contribution >= 0.6 is 0 Å². The van der Waals surface area contributed by atoms with E-state index in [2.05, 4.69) is 6.07 Å². The van der Waals surface area contributed by atoms with Gasteiger partial charge in [-0.3, -0.25) is 4.79 Å². The Bertz CT molecular complexity index is 268. The first-order chi connectivity index (χ1) is 5.38. The van der Waals surface area contributed by atoms with Crippen LogP contribution in [0.3, 0.4) is 0 Å². The molecule has 1 aliphatic heterocycles. The lowest BCUT2D eigenvalue weighted by atomic mass is 10.1. The van der Waals surface area contributed by atoms with Crippen LogP contribution in [0.5, 0.6) is 0 Å². The maximum Gasteiger partial charge on any atom is 0.228 e. The second-order valence-electron chi connectivity index (χ2n) is 2.56. The molecule has 0 aromatic heterocycles. The molecular formula is C9H8NO. The minimum Gasteiger partial charge on any atom is -0.312 e. The predicted octanol–water partition coefficient (Wildman–Crippen LogP) is 1.22. The van der Waals surface area contributed by atoms with Crippen molar-refractivity contribution in [2.45, 2.75) is 6.42 Å². The van der Waals surface area contributed by atoms with Gasteiger partial charge in [-0.05, 0) is 18.2 Å². The van der Waals surface area contributed by atoms with E-state index in [1.165, 1.54) is 0 Å². The molecule has 0 aliphatic carbocycles. The van der Waals surface area contributed by atoms with Gasteiger partial charge in [-0.15, -0.1) is 0 Å². The highest BCUT2D eigenvalue weighted by atomic mass is 16.2. The molecule has 0 saturated carbocycles. The van der Waals surface area contributed by atoms with Gasteiger partial charge >= 0.3 is 0 Å². The molecule has 1 saturated heterocycles. The Labute approximate surface area is 65.4 Å². The molecule has 1 aromatic carbocycles. The molecule has 2 heteroatoms. The highest BCUT2D eigenvalue weighted by molar-refractivity contribution is 5.99. The topological polar surface area (TPSA) is 20.3 Å². The van der Waals surface area contributed by atoms with Crippen LogP contribution in [-0.2, 0) is 4.79 Å². The van der Waals surface area contributed by atoms with Crippen LogP contribution in [0.25, 0.3) is 0 Å². The second kappa shape index (κ2) is 2.38. The zero-order valence-corrected chi connectivity index (χ0v) is 6.08. The number of carbonyl (C=O) groups excluding carboxylic acids is 1. The molecule has 0 bridgehead atoms. The van der Waals surface area contributed by atoms with Crippen molar-refractivity contribution in [2.75, 3.05) is 11.4 Å². The van der Waals surface area contributed by atoms with E-state index in [-0.39, 0.29) is 5.91 Å². The van der Waals surface area contributed by atoms with E-state index >= 15 is 0 Å². The number of benzene rings is 1. The summed E-state index contributed by atoms with van der Waals surface area (Å²) in [5.41, 5.74) is 0.962. The molecule has 11 heavy (non-hydrogen) atoms. The fourth-order valence-electron chi connectivity index (χ4n) is 1.14. The Morgan fingerprint density at radius 3 is 2.91 bits per heavy atom. The SMILES string of the molecule is O=C1CCN1c1c[c]ccc1. The van der Waals surface area contributed by atoms with Crippen molar-refractivity contribution in [3.8, 4) is 0 Å². The van der Waals surface area contributed by atoms with E-state index in [1.54, 1.807) is 4.90 Å². The minimum absolute atomic E-state index is 0.213. The van der Waals surface area contributed by atoms with Gasteiger partial charge in [-0.25, -0.2) is 0 Å². The molecular weight excluding hydrogens is 138 g/mol. The second-order valence-corrected chi connectivity index (χ2v) is 2.56. The lowest BCUT2D eigenvalue weighted by molar-refractivity contribution is -0.122. The number of amides is 1. The van der Waals surface area contributed by atoms with Gasteiger partial charge in [0.25, 0.3) is 0 Å². The van der Waals surface area contributed by atoms with Crippen molar-refractivity contribution in [3.05, 3.63) is 30.3 Å². The zero-order chi connectivity index (χ0) is 7.68. The molecule has 1 fully saturated rings. The normalized spacial score (nSPS) is 16.4. The summed E-state index contributed by atoms with van der Waals surface area (Å²) in [6, 6.07) is 10.4. The smallest absolute Gasteiger partial charge is 0.228 e. The molecule has 1 aromatic rings. The fraction of sp³-hybridized carbons (Fsp3) is 0.222. The molecule has 1 amide bonds. The molecule has 55 valence electrons. The van der Waals surface area contributed by atoms with E-state index in [4.69, 9.17) is 0 Å². The van der Waals surface area contributed by atoms with E-state index in [9.17, 15) is 4.79 Å². The van der Waals surface area contributed by atoms with Gasteiger partial charge in [0.15, 0.2) is 0 Å². The Morgan fingerprint density at radius 1 is 1.55 bits per heavy atom. The lowest BCUT2D eigenvalue weighted by Gasteiger charge is -2.30. The van der Waals surface area contributed by atoms with Gasteiger partial charge in [-0.2, -0.15) is 0 Å². The van der Waals surface area contributed by atoms with Crippen molar-refractivity contribution in [2.24, 2.45) is 0 Å². The van der Waals surface area contributed by atoms with Crippen LogP contribution in [0.1, 0.15) is 6.42 Å². The molecule has 0 unspecified atom stereocenters. The van der Waals surface area contributed by atoms with Crippen molar-refractivity contribution in [3.63, 3.8) is 0 Å². The van der Waals surface area contributed by atoms with Gasteiger partial charge in [0.2, 0.25) is 5.91 Å². The van der Waals surface area contributed by atoms with E-state index in [1.807, 2.05) is 24.3 Å². The molecule has 1 aliphatic rings. The van der Waals surface area contributed by atoms with Crippen LogP contribution in [0.2, 0.25) is 0 Å². The quantitative estimate of drug-likeness (QED) is 0.545. The highest BCUT2D eigenvalue weighted by Crippen LogP contribution is 2.20. The van der Waals surface area contributed by atoms with E-state index in [0.29, 0.717) is 6.42 Å². The summed E-state index contributed by atoms with van der Waals surface area (Å²) in [5, 5.41) is 0. The first kappa shape index (κ1) is 6.40. The monoisotopic (exact) mass is 146 g/mol. The largest absolute Gasteiger partial charge is 0.312 e. The maximum atomic E-state index is 10.9. The van der Waals surface area contributed by atoms with Crippen molar-refractivity contribution in [1.29, 1.82) is 0 Å². The van der Waals surface area contributed by atoms with Gasteiger partial charge in [0, 0.05) is 18.7 Å². The van der Waals surface area contributed by atoms with Gasteiger partial charge in [0.1, 0.15) is 0 Å². The zero-order valence-electron chi connectivity index (χ0n) is 6.08. The summed E-state index contributed by atoms with van der Waals surface area (Å²) in [6.07, 6.45) is 0.689. The molecule has 0 atom stereocenters. The summed E-state index contributed by atoms with van der Waals surface area (Å²) >= 11 is 0. The average Bonchev–Trinajstić information content (AvgIpc) is 2.04. The molecule has 0 spiro atoms. The first-order valence-corrected chi connectivity index (χ1v) is 3.64. The fourth-order valence-corrected chi connectivity index (χ4v) is 1.14. The van der Waals surface area contributed by atoms with Crippen LogP contribution < -0.4 is 4.90 Å². The Hall–Kier alpha value is -1.31. The van der Waals surface area contributed by atoms with Crippen LogP contribution in [0, 0.1) is 6.07 Å². The standard InChI is InChI=1S/C9H8NO/c11-9-6-7-10(9)8-4-2-1-3-5-8/h1-2,4-5H,6-7H2. The number of carbonyl (C=O) groups is 1.